The second kappa shape index (κ2) is 9.63. The SMILES string of the molecule is COc1ccc(-c2csc(N3N=C(C)[C@H]([C@H](c4ccc(Cl)cc4)[C@H](C#N)C(N)=O)C3=O)n2)cc1. The average molecular weight is 494 g/mol. The van der Waals surface area contributed by atoms with Gasteiger partial charge in [-0.3, -0.25) is 9.59 Å². The number of ether oxygens (including phenoxy) is 1. The molecule has 0 bridgehead atoms. The second-order valence-corrected chi connectivity index (χ2v) is 8.97. The summed E-state index contributed by atoms with van der Waals surface area (Å²) in [6, 6.07) is 16.0. The summed E-state index contributed by atoms with van der Waals surface area (Å²) >= 11 is 7.28. The number of nitrogens with two attached hydrogens (primary N) is 1. The third-order valence-corrected chi connectivity index (χ3v) is 6.73. The predicted octanol–water partition coefficient (Wildman–Crippen LogP) is 4.22. The van der Waals surface area contributed by atoms with Crippen LogP contribution in [0.5, 0.6) is 5.75 Å². The summed E-state index contributed by atoms with van der Waals surface area (Å²) < 4.78 is 5.19. The Balaban J connectivity index is 1.67. The van der Waals surface area contributed by atoms with Crippen LogP contribution in [-0.4, -0.2) is 29.6 Å². The number of thiazole rings is 1. The summed E-state index contributed by atoms with van der Waals surface area (Å²) in [7, 11) is 1.60. The number of halogens is 1. The zero-order valence-electron chi connectivity index (χ0n) is 18.3. The predicted molar refractivity (Wildman–Crippen MR) is 131 cm³/mol. The maximum Gasteiger partial charge on any atom is 0.259 e. The summed E-state index contributed by atoms with van der Waals surface area (Å²) in [5.74, 6) is -3.36. The molecule has 3 atom stereocenters. The molecule has 0 fully saturated rings. The number of nitriles is 1. The summed E-state index contributed by atoms with van der Waals surface area (Å²) in [4.78, 5) is 30.3. The molecule has 172 valence electrons. The molecule has 0 radical (unpaired) electrons. The van der Waals surface area contributed by atoms with E-state index in [2.05, 4.69) is 10.1 Å². The summed E-state index contributed by atoms with van der Waals surface area (Å²) in [5.41, 5.74) is 8.15. The number of anilines is 1. The van der Waals surface area contributed by atoms with Crippen LogP contribution in [0.3, 0.4) is 0 Å². The van der Waals surface area contributed by atoms with Gasteiger partial charge in [-0.15, -0.1) is 11.3 Å². The minimum absolute atomic E-state index is 0.380. The van der Waals surface area contributed by atoms with E-state index >= 15 is 0 Å². The van der Waals surface area contributed by atoms with E-state index in [1.54, 1.807) is 38.3 Å². The number of nitrogens with zero attached hydrogens (tertiary/aromatic N) is 4. The lowest BCUT2D eigenvalue weighted by molar-refractivity contribution is -0.123. The lowest BCUT2D eigenvalue weighted by atomic mass is 9.75. The van der Waals surface area contributed by atoms with Gasteiger partial charge < -0.3 is 10.5 Å². The van der Waals surface area contributed by atoms with Crippen LogP contribution >= 0.6 is 22.9 Å². The monoisotopic (exact) mass is 493 g/mol. The Kier molecular flexibility index (Phi) is 6.63. The van der Waals surface area contributed by atoms with Crippen molar-refractivity contribution in [2.24, 2.45) is 22.7 Å². The number of aromatic nitrogens is 1. The number of primary amides is 1. The highest BCUT2D eigenvalue weighted by molar-refractivity contribution is 7.14. The van der Waals surface area contributed by atoms with Gasteiger partial charge in [0.05, 0.1) is 24.8 Å². The Labute approximate surface area is 205 Å². The van der Waals surface area contributed by atoms with Crippen molar-refractivity contribution in [2.45, 2.75) is 12.8 Å². The van der Waals surface area contributed by atoms with E-state index in [1.807, 2.05) is 35.7 Å². The van der Waals surface area contributed by atoms with Crippen LogP contribution in [0.15, 0.2) is 59.0 Å². The number of carbonyl (C=O) groups excluding carboxylic acids is 2. The largest absolute Gasteiger partial charge is 0.497 e. The van der Waals surface area contributed by atoms with Gasteiger partial charge in [0.2, 0.25) is 11.0 Å². The first-order valence-corrected chi connectivity index (χ1v) is 11.5. The molecular weight excluding hydrogens is 474 g/mol. The van der Waals surface area contributed by atoms with Crippen LogP contribution in [0, 0.1) is 23.2 Å². The van der Waals surface area contributed by atoms with Crippen molar-refractivity contribution >= 4 is 45.6 Å². The van der Waals surface area contributed by atoms with Crippen LogP contribution < -0.4 is 15.5 Å². The number of benzene rings is 2. The first kappa shape index (κ1) is 23.4. The average Bonchev–Trinajstić information content (AvgIpc) is 3.43. The van der Waals surface area contributed by atoms with E-state index < -0.39 is 23.7 Å². The summed E-state index contributed by atoms with van der Waals surface area (Å²) in [5, 5.41) is 18.1. The molecule has 34 heavy (non-hydrogen) atoms. The molecule has 10 heteroatoms. The molecule has 1 aliphatic heterocycles. The van der Waals surface area contributed by atoms with Crippen molar-refractivity contribution in [1.29, 1.82) is 5.26 Å². The van der Waals surface area contributed by atoms with Gasteiger partial charge >= 0.3 is 0 Å². The minimum Gasteiger partial charge on any atom is -0.497 e. The molecule has 0 spiro atoms. The minimum atomic E-state index is -1.23. The van der Waals surface area contributed by atoms with Crippen molar-refractivity contribution in [3.63, 3.8) is 0 Å². The highest BCUT2D eigenvalue weighted by Gasteiger charge is 2.46. The lowest BCUT2D eigenvalue weighted by Crippen LogP contribution is -2.38. The number of carbonyl (C=O) groups is 2. The third-order valence-electron chi connectivity index (χ3n) is 5.66. The van der Waals surface area contributed by atoms with Gasteiger partial charge in [0.25, 0.3) is 5.91 Å². The summed E-state index contributed by atoms with van der Waals surface area (Å²) in [6.45, 7) is 1.69. The van der Waals surface area contributed by atoms with E-state index in [-0.39, 0.29) is 5.91 Å². The van der Waals surface area contributed by atoms with Gasteiger partial charge in [-0.05, 0) is 48.9 Å². The van der Waals surface area contributed by atoms with Gasteiger partial charge in [-0.1, -0.05) is 23.7 Å². The molecule has 4 rings (SSSR count). The Morgan fingerprint density at radius 2 is 1.91 bits per heavy atom. The number of methoxy groups -OCH3 is 1. The fraction of sp³-hybridized carbons (Fsp3) is 0.208. The molecular formula is C24H20ClN5O3S. The van der Waals surface area contributed by atoms with Crippen LogP contribution in [0.25, 0.3) is 11.3 Å². The van der Waals surface area contributed by atoms with Crippen molar-refractivity contribution in [1.82, 2.24) is 4.98 Å². The van der Waals surface area contributed by atoms with Gasteiger partial charge in [-0.25, -0.2) is 4.98 Å². The van der Waals surface area contributed by atoms with Crippen molar-refractivity contribution < 1.29 is 14.3 Å². The van der Waals surface area contributed by atoms with E-state index in [0.717, 1.165) is 11.3 Å². The fourth-order valence-corrected chi connectivity index (χ4v) is 4.88. The zero-order chi connectivity index (χ0) is 24.4. The van der Waals surface area contributed by atoms with E-state index in [9.17, 15) is 14.9 Å². The Bertz CT molecular complexity index is 1300. The molecule has 2 heterocycles. The lowest BCUT2D eigenvalue weighted by Gasteiger charge is -2.25. The molecule has 0 unspecified atom stereocenters. The van der Waals surface area contributed by atoms with Gasteiger partial charge in [0.1, 0.15) is 11.7 Å². The number of hydrogen-bond acceptors (Lipinski definition) is 7. The molecule has 1 aliphatic rings. The maximum absolute atomic E-state index is 13.5. The highest BCUT2D eigenvalue weighted by Crippen LogP contribution is 2.40. The number of rotatable bonds is 7. The van der Waals surface area contributed by atoms with E-state index in [1.165, 1.54) is 16.3 Å². The molecule has 2 N–H and O–H groups in total. The number of hydrazone groups is 1. The number of amides is 2. The van der Waals surface area contributed by atoms with E-state index in [0.29, 0.717) is 27.1 Å². The second-order valence-electron chi connectivity index (χ2n) is 7.70. The molecule has 2 aromatic carbocycles. The first-order valence-electron chi connectivity index (χ1n) is 10.3. The van der Waals surface area contributed by atoms with Gasteiger partial charge in [0, 0.05) is 27.6 Å². The Hall–Kier alpha value is -3.74. The normalized spacial score (nSPS) is 17.1. The summed E-state index contributed by atoms with van der Waals surface area (Å²) in [6.07, 6.45) is 0. The van der Waals surface area contributed by atoms with Gasteiger partial charge in [0.15, 0.2) is 0 Å². The quantitative estimate of drug-likeness (QED) is 0.528. The standard InChI is InChI=1S/C24H20ClN5O3S/c1-13-20(21(18(11-26)22(27)31)15-3-7-16(25)8-4-15)23(32)30(29-13)24-28-19(12-34-24)14-5-9-17(33-2)10-6-14/h3-10,12,18,20-21H,1-2H3,(H2,27,31)/t18-,20+,21+/m0/s1. The Morgan fingerprint density at radius 1 is 1.24 bits per heavy atom. The molecule has 8 nitrogen and oxygen atoms in total. The van der Waals surface area contributed by atoms with Crippen LogP contribution in [0.4, 0.5) is 5.13 Å². The van der Waals surface area contributed by atoms with Gasteiger partial charge in [-0.2, -0.15) is 15.4 Å². The zero-order valence-corrected chi connectivity index (χ0v) is 19.9. The third kappa shape index (κ3) is 4.38. The first-order chi connectivity index (χ1) is 16.3. The van der Waals surface area contributed by atoms with Crippen molar-refractivity contribution in [2.75, 3.05) is 12.1 Å². The molecule has 0 saturated carbocycles. The topological polar surface area (TPSA) is 122 Å². The van der Waals surface area contributed by atoms with Crippen LogP contribution in [0.2, 0.25) is 5.02 Å². The fourth-order valence-electron chi connectivity index (χ4n) is 3.97. The van der Waals surface area contributed by atoms with Crippen LogP contribution in [-0.2, 0) is 9.59 Å². The maximum atomic E-state index is 13.5. The van der Waals surface area contributed by atoms with Crippen molar-refractivity contribution in [3.05, 3.63) is 64.5 Å². The van der Waals surface area contributed by atoms with Crippen LogP contribution in [0.1, 0.15) is 18.4 Å². The number of hydrogen-bond donors (Lipinski definition) is 1. The molecule has 2 amide bonds. The smallest absolute Gasteiger partial charge is 0.259 e. The molecule has 1 aromatic heterocycles. The molecule has 0 saturated heterocycles. The Morgan fingerprint density at radius 3 is 2.50 bits per heavy atom. The molecule has 0 aliphatic carbocycles. The van der Waals surface area contributed by atoms with E-state index in [4.69, 9.17) is 22.1 Å². The molecule has 3 aromatic rings. The highest BCUT2D eigenvalue weighted by atomic mass is 35.5. The van der Waals surface area contributed by atoms with Crippen molar-refractivity contribution in [3.8, 4) is 23.1 Å².